The maximum atomic E-state index is 15.1. The van der Waals surface area contributed by atoms with Gasteiger partial charge in [-0.25, -0.2) is 9.18 Å². The third kappa shape index (κ3) is 3.22. The van der Waals surface area contributed by atoms with Crippen LogP contribution in [0.25, 0.3) is 10.9 Å². The third-order valence-corrected chi connectivity index (χ3v) is 5.57. The van der Waals surface area contributed by atoms with Crippen LogP contribution in [0.1, 0.15) is 24.4 Å². The topological polar surface area (TPSA) is 64.0 Å². The Morgan fingerprint density at radius 2 is 1.89 bits per heavy atom. The molecule has 1 saturated heterocycles. The summed E-state index contributed by atoms with van der Waals surface area (Å²) in [5, 5.41) is 0.223. The summed E-state index contributed by atoms with van der Waals surface area (Å²) in [6, 6.07) is 1.49. The van der Waals surface area contributed by atoms with Crippen molar-refractivity contribution < 1.29 is 18.7 Å². The summed E-state index contributed by atoms with van der Waals surface area (Å²) < 4.78 is 26.6. The van der Waals surface area contributed by atoms with Crippen LogP contribution in [0.3, 0.4) is 0 Å². The Morgan fingerprint density at radius 3 is 2.50 bits per heavy atom. The standard InChI is InChI=1S/C20H24FN3O4/c1-12-17-14(10-15(21)18(12)23-8-6-22(2)7-9-23)19(25)16(28-20(26)27-3)11-24(17)13-4-5-13/h10-11,13H,4-9H2,1-3H3. The zero-order chi connectivity index (χ0) is 20.0. The van der Waals surface area contributed by atoms with E-state index in [4.69, 9.17) is 4.74 Å². The minimum atomic E-state index is -0.968. The molecule has 0 N–H and O–H groups in total. The summed E-state index contributed by atoms with van der Waals surface area (Å²) in [5.74, 6) is -0.568. The SMILES string of the molecule is COC(=O)Oc1cn(C2CC2)c2c(C)c(N3CCN(C)CC3)c(F)cc2c1=O. The fourth-order valence-electron chi connectivity index (χ4n) is 3.91. The van der Waals surface area contributed by atoms with Gasteiger partial charge >= 0.3 is 6.16 Å². The largest absolute Gasteiger partial charge is 0.513 e. The van der Waals surface area contributed by atoms with Crippen LogP contribution >= 0.6 is 0 Å². The summed E-state index contributed by atoms with van der Waals surface area (Å²) >= 11 is 0. The summed E-state index contributed by atoms with van der Waals surface area (Å²) in [6.07, 6.45) is 2.52. The predicted octanol–water partition coefficient (Wildman–Crippen LogP) is 2.68. The molecule has 0 spiro atoms. The van der Waals surface area contributed by atoms with Gasteiger partial charge in [-0.3, -0.25) is 4.79 Å². The molecule has 2 aliphatic rings. The number of benzene rings is 1. The van der Waals surface area contributed by atoms with Crippen LogP contribution in [0.5, 0.6) is 5.75 Å². The van der Waals surface area contributed by atoms with Crippen LogP contribution in [-0.2, 0) is 4.74 Å². The Balaban J connectivity index is 1.90. The maximum Gasteiger partial charge on any atom is 0.513 e. The molecule has 1 aliphatic carbocycles. The van der Waals surface area contributed by atoms with Crippen molar-refractivity contribution in [1.29, 1.82) is 0 Å². The molecule has 0 atom stereocenters. The van der Waals surface area contributed by atoms with Crippen molar-refractivity contribution in [2.45, 2.75) is 25.8 Å². The second-order valence-electron chi connectivity index (χ2n) is 7.54. The van der Waals surface area contributed by atoms with Crippen LogP contribution in [-0.4, -0.2) is 56.0 Å². The van der Waals surface area contributed by atoms with Crippen LogP contribution in [0.15, 0.2) is 17.1 Å². The number of aryl methyl sites for hydroxylation is 1. The quantitative estimate of drug-likeness (QED) is 0.752. The normalized spacial score (nSPS) is 17.8. The first-order valence-electron chi connectivity index (χ1n) is 9.48. The number of fused-ring (bicyclic) bond motifs is 1. The highest BCUT2D eigenvalue weighted by Crippen LogP contribution is 2.40. The molecule has 2 fully saturated rings. The van der Waals surface area contributed by atoms with Crippen LogP contribution in [0.2, 0.25) is 0 Å². The van der Waals surface area contributed by atoms with Crippen molar-refractivity contribution in [2.24, 2.45) is 0 Å². The van der Waals surface area contributed by atoms with E-state index in [0.717, 1.165) is 44.6 Å². The molecular weight excluding hydrogens is 365 g/mol. The van der Waals surface area contributed by atoms with Crippen LogP contribution < -0.4 is 15.1 Å². The first-order chi connectivity index (χ1) is 13.4. The highest BCUT2D eigenvalue weighted by atomic mass is 19.1. The second-order valence-corrected chi connectivity index (χ2v) is 7.54. The van der Waals surface area contributed by atoms with Crippen molar-refractivity contribution >= 4 is 22.7 Å². The van der Waals surface area contributed by atoms with Gasteiger partial charge in [0, 0.05) is 32.2 Å². The van der Waals surface area contributed by atoms with E-state index < -0.39 is 17.4 Å². The molecule has 1 aromatic carbocycles. The van der Waals surface area contributed by atoms with E-state index in [1.807, 2.05) is 16.4 Å². The second kappa shape index (κ2) is 7.09. The van der Waals surface area contributed by atoms with E-state index in [1.165, 1.54) is 13.2 Å². The monoisotopic (exact) mass is 389 g/mol. The number of ether oxygens (including phenoxy) is 2. The van der Waals surface area contributed by atoms with E-state index >= 15 is 4.39 Å². The Bertz CT molecular complexity index is 991. The maximum absolute atomic E-state index is 15.1. The molecule has 1 aromatic heterocycles. The minimum Gasteiger partial charge on any atom is -0.437 e. The fraction of sp³-hybridized carbons (Fsp3) is 0.500. The van der Waals surface area contributed by atoms with Gasteiger partial charge in [0.1, 0.15) is 5.82 Å². The van der Waals surface area contributed by atoms with Gasteiger partial charge in [0.2, 0.25) is 5.43 Å². The molecule has 7 nitrogen and oxygen atoms in total. The first kappa shape index (κ1) is 18.7. The van der Waals surface area contributed by atoms with E-state index in [-0.39, 0.29) is 17.2 Å². The van der Waals surface area contributed by atoms with E-state index in [0.29, 0.717) is 11.2 Å². The van der Waals surface area contributed by atoms with Crippen molar-refractivity contribution in [1.82, 2.24) is 9.47 Å². The molecule has 4 rings (SSSR count). The molecule has 0 bridgehead atoms. The van der Waals surface area contributed by atoms with Gasteiger partial charge in [0.15, 0.2) is 5.75 Å². The Kier molecular flexibility index (Phi) is 4.74. The lowest BCUT2D eigenvalue weighted by atomic mass is 10.0. The first-order valence-corrected chi connectivity index (χ1v) is 9.48. The van der Waals surface area contributed by atoms with E-state index in [1.54, 1.807) is 6.20 Å². The zero-order valence-electron chi connectivity index (χ0n) is 16.3. The van der Waals surface area contributed by atoms with Crippen LogP contribution in [0, 0.1) is 12.7 Å². The van der Waals surface area contributed by atoms with Gasteiger partial charge < -0.3 is 23.8 Å². The average Bonchev–Trinajstić information content (AvgIpc) is 3.50. The Morgan fingerprint density at radius 1 is 1.21 bits per heavy atom. The van der Waals surface area contributed by atoms with Gasteiger partial charge in [-0.2, -0.15) is 0 Å². The van der Waals surface area contributed by atoms with Gasteiger partial charge in [0.25, 0.3) is 0 Å². The molecule has 8 heteroatoms. The number of piperazine rings is 1. The number of pyridine rings is 1. The number of carbonyl (C=O) groups is 1. The van der Waals surface area contributed by atoms with Crippen molar-refractivity contribution in [3.05, 3.63) is 33.9 Å². The van der Waals surface area contributed by atoms with Crippen molar-refractivity contribution in [2.75, 3.05) is 45.2 Å². The molecule has 0 amide bonds. The molecule has 1 saturated carbocycles. The molecule has 150 valence electrons. The lowest BCUT2D eigenvalue weighted by Gasteiger charge is -2.35. The number of hydrogen-bond donors (Lipinski definition) is 0. The summed E-state index contributed by atoms with van der Waals surface area (Å²) in [7, 11) is 3.23. The smallest absolute Gasteiger partial charge is 0.437 e. The third-order valence-electron chi connectivity index (χ3n) is 5.57. The van der Waals surface area contributed by atoms with E-state index in [2.05, 4.69) is 16.7 Å². The van der Waals surface area contributed by atoms with Crippen molar-refractivity contribution in [3.8, 4) is 5.75 Å². The van der Waals surface area contributed by atoms with Gasteiger partial charge in [-0.05, 0) is 38.4 Å². The number of likely N-dealkylation sites (N-methyl/N-ethyl adjacent to an activating group) is 1. The Hall–Kier alpha value is -2.61. The molecule has 1 aliphatic heterocycles. The van der Waals surface area contributed by atoms with Gasteiger partial charge in [-0.1, -0.05) is 0 Å². The fourth-order valence-corrected chi connectivity index (χ4v) is 3.91. The summed E-state index contributed by atoms with van der Waals surface area (Å²) in [6.45, 7) is 5.04. The van der Waals surface area contributed by atoms with Crippen molar-refractivity contribution in [3.63, 3.8) is 0 Å². The number of rotatable bonds is 3. The average molecular weight is 389 g/mol. The number of carbonyl (C=O) groups excluding carboxylic acids is 1. The molecule has 0 radical (unpaired) electrons. The number of aromatic nitrogens is 1. The van der Waals surface area contributed by atoms with Crippen LogP contribution in [0.4, 0.5) is 14.9 Å². The van der Waals surface area contributed by atoms with E-state index in [9.17, 15) is 9.59 Å². The summed E-state index contributed by atoms with van der Waals surface area (Å²) in [4.78, 5) is 28.6. The highest BCUT2D eigenvalue weighted by Gasteiger charge is 2.30. The lowest BCUT2D eigenvalue weighted by Crippen LogP contribution is -2.45. The summed E-state index contributed by atoms with van der Waals surface area (Å²) in [5.41, 5.74) is 1.49. The van der Waals surface area contributed by atoms with Gasteiger partial charge in [-0.15, -0.1) is 0 Å². The number of hydrogen-bond acceptors (Lipinski definition) is 6. The zero-order valence-corrected chi connectivity index (χ0v) is 16.3. The predicted molar refractivity (Wildman–Crippen MR) is 104 cm³/mol. The number of halogens is 1. The molecule has 0 unspecified atom stereocenters. The highest BCUT2D eigenvalue weighted by molar-refractivity contribution is 5.89. The van der Waals surface area contributed by atoms with Gasteiger partial charge in [0.05, 0.1) is 29.9 Å². The molecule has 28 heavy (non-hydrogen) atoms. The number of methoxy groups -OCH3 is 1. The molecule has 2 aromatic rings. The lowest BCUT2D eigenvalue weighted by molar-refractivity contribution is 0.121. The molecular formula is C20H24FN3O4. The molecule has 2 heterocycles. The number of nitrogens with zero attached hydrogens (tertiary/aromatic N) is 3. The number of anilines is 1. The minimum absolute atomic E-state index is 0.141. The Labute approximate surface area is 162 Å².